The summed E-state index contributed by atoms with van der Waals surface area (Å²) in [7, 11) is 0. The van der Waals surface area contributed by atoms with E-state index < -0.39 is 0 Å². The number of amides is 1. The highest BCUT2D eigenvalue weighted by Gasteiger charge is 2.31. The number of piperidine rings is 1. The molecule has 1 saturated heterocycles. The lowest BCUT2D eigenvalue weighted by Gasteiger charge is -2.34. The molecule has 2 aromatic rings. The Morgan fingerprint density at radius 2 is 2.33 bits per heavy atom. The van der Waals surface area contributed by atoms with Gasteiger partial charge in [-0.2, -0.15) is 5.10 Å². The molecule has 0 radical (unpaired) electrons. The first kappa shape index (κ1) is 14.3. The first-order valence-corrected chi connectivity index (χ1v) is 8.30. The maximum Gasteiger partial charge on any atom is 0.274 e. The summed E-state index contributed by atoms with van der Waals surface area (Å²) in [6.07, 6.45) is 4.99. The number of thiazole rings is 1. The topological polar surface area (TPSA) is 61.9 Å². The van der Waals surface area contributed by atoms with Crippen LogP contribution in [0.5, 0.6) is 0 Å². The van der Waals surface area contributed by atoms with Gasteiger partial charge in [-0.15, -0.1) is 11.3 Å². The number of likely N-dealkylation sites (tertiary alicyclic amines) is 1. The smallest absolute Gasteiger partial charge is 0.274 e. The fourth-order valence-electron chi connectivity index (χ4n) is 2.72. The average molecular weight is 304 g/mol. The lowest BCUT2D eigenvalue weighted by Crippen LogP contribution is -2.38. The molecule has 1 N–H and O–H groups in total. The van der Waals surface area contributed by atoms with E-state index in [0.29, 0.717) is 11.6 Å². The van der Waals surface area contributed by atoms with E-state index in [1.807, 2.05) is 22.5 Å². The highest BCUT2D eigenvalue weighted by Crippen LogP contribution is 2.33. The molecule has 3 rings (SSSR count). The van der Waals surface area contributed by atoms with Crippen molar-refractivity contribution in [2.45, 2.75) is 45.1 Å². The number of aromatic nitrogens is 3. The van der Waals surface area contributed by atoms with E-state index in [9.17, 15) is 4.79 Å². The average Bonchev–Trinajstić information content (AvgIpc) is 3.18. The van der Waals surface area contributed by atoms with E-state index in [4.69, 9.17) is 0 Å². The lowest BCUT2D eigenvalue weighted by molar-refractivity contribution is 0.0605. The molecular weight excluding hydrogens is 284 g/mol. The maximum atomic E-state index is 12.8. The van der Waals surface area contributed by atoms with Gasteiger partial charge in [0.1, 0.15) is 10.7 Å². The molecule has 112 valence electrons. The molecular formula is C15H20N4OS. The Morgan fingerprint density at radius 1 is 1.48 bits per heavy atom. The number of carbonyl (C=O) groups is 1. The third-order valence-corrected chi connectivity index (χ3v) is 4.82. The zero-order chi connectivity index (χ0) is 14.8. The predicted octanol–water partition coefficient (Wildman–Crippen LogP) is 3.36. The van der Waals surface area contributed by atoms with Crippen molar-refractivity contribution in [3.63, 3.8) is 0 Å². The number of H-pyrrole nitrogens is 1. The largest absolute Gasteiger partial charge is 0.328 e. The van der Waals surface area contributed by atoms with E-state index in [0.717, 1.165) is 36.5 Å². The third kappa shape index (κ3) is 2.85. The molecule has 0 aromatic carbocycles. The van der Waals surface area contributed by atoms with Crippen LogP contribution in [0.15, 0.2) is 17.6 Å². The Hall–Kier alpha value is -1.69. The van der Waals surface area contributed by atoms with Crippen molar-refractivity contribution >= 4 is 17.2 Å². The molecule has 5 nitrogen and oxygen atoms in total. The van der Waals surface area contributed by atoms with Crippen molar-refractivity contribution in [1.29, 1.82) is 0 Å². The van der Waals surface area contributed by atoms with Gasteiger partial charge in [0.15, 0.2) is 0 Å². The van der Waals surface area contributed by atoms with Gasteiger partial charge in [0, 0.05) is 23.8 Å². The minimum absolute atomic E-state index is 0.0121. The van der Waals surface area contributed by atoms with E-state index in [1.165, 1.54) is 0 Å². The SMILES string of the molecule is CC(C)c1cc(C(=O)N2CCCC[C@@H]2c2nccs2)n[nH]1. The first-order valence-electron chi connectivity index (χ1n) is 7.42. The van der Waals surface area contributed by atoms with E-state index in [1.54, 1.807) is 11.3 Å². The summed E-state index contributed by atoms with van der Waals surface area (Å²) in [4.78, 5) is 19.1. The lowest BCUT2D eigenvalue weighted by atomic mass is 10.0. The summed E-state index contributed by atoms with van der Waals surface area (Å²) in [5.74, 6) is 0.355. The summed E-state index contributed by atoms with van der Waals surface area (Å²) in [5.41, 5.74) is 1.52. The van der Waals surface area contributed by atoms with Crippen molar-refractivity contribution < 1.29 is 4.79 Å². The fourth-order valence-corrected chi connectivity index (χ4v) is 3.50. The second kappa shape index (κ2) is 5.97. The molecule has 6 heteroatoms. The summed E-state index contributed by atoms with van der Waals surface area (Å²) in [5, 5.41) is 10.2. The van der Waals surface area contributed by atoms with Crippen molar-refractivity contribution in [3.8, 4) is 0 Å². The molecule has 0 spiro atoms. The zero-order valence-corrected chi connectivity index (χ0v) is 13.2. The monoisotopic (exact) mass is 304 g/mol. The van der Waals surface area contributed by atoms with Crippen LogP contribution in [0, 0.1) is 0 Å². The summed E-state index contributed by atoms with van der Waals surface area (Å²) in [6.45, 7) is 4.95. The molecule has 3 heterocycles. The minimum Gasteiger partial charge on any atom is -0.328 e. The molecule has 1 aliphatic rings. The van der Waals surface area contributed by atoms with E-state index >= 15 is 0 Å². The first-order chi connectivity index (χ1) is 10.2. The van der Waals surface area contributed by atoms with Gasteiger partial charge in [-0.25, -0.2) is 4.98 Å². The van der Waals surface area contributed by atoms with Crippen molar-refractivity contribution in [2.75, 3.05) is 6.54 Å². The molecule has 0 unspecified atom stereocenters. The summed E-state index contributed by atoms with van der Waals surface area (Å²) >= 11 is 1.62. The van der Waals surface area contributed by atoms with Gasteiger partial charge in [0.2, 0.25) is 0 Å². The maximum absolute atomic E-state index is 12.8. The van der Waals surface area contributed by atoms with Gasteiger partial charge in [-0.1, -0.05) is 13.8 Å². The fraction of sp³-hybridized carbons (Fsp3) is 0.533. The number of nitrogens with zero attached hydrogens (tertiary/aromatic N) is 3. The third-order valence-electron chi connectivity index (χ3n) is 3.94. The second-order valence-corrected chi connectivity index (χ2v) is 6.67. The number of hydrogen-bond donors (Lipinski definition) is 1. The van der Waals surface area contributed by atoms with Crippen LogP contribution >= 0.6 is 11.3 Å². The highest BCUT2D eigenvalue weighted by molar-refractivity contribution is 7.09. The van der Waals surface area contributed by atoms with Gasteiger partial charge in [-0.05, 0) is 31.2 Å². The Bertz CT molecular complexity index is 605. The quantitative estimate of drug-likeness (QED) is 0.945. The second-order valence-electron chi connectivity index (χ2n) is 5.74. The molecule has 1 atom stereocenters. The van der Waals surface area contributed by atoms with E-state index in [2.05, 4.69) is 29.0 Å². The Labute approximate surface area is 128 Å². The van der Waals surface area contributed by atoms with Crippen molar-refractivity contribution in [3.05, 3.63) is 34.0 Å². The van der Waals surface area contributed by atoms with Gasteiger partial charge >= 0.3 is 0 Å². The number of rotatable bonds is 3. The highest BCUT2D eigenvalue weighted by atomic mass is 32.1. The molecule has 0 saturated carbocycles. The molecule has 0 aliphatic carbocycles. The van der Waals surface area contributed by atoms with Crippen LogP contribution in [0.2, 0.25) is 0 Å². The van der Waals surface area contributed by atoms with Crippen LogP contribution in [0.3, 0.4) is 0 Å². The molecule has 1 fully saturated rings. The summed E-state index contributed by atoms with van der Waals surface area (Å²) in [6, 6.07) is 1.98. The van der Waals surface area contributed by atoms with Crippen LogP contribution < -0.4 is 0 Å². The molecule has 21 heavy (non-hydrogen) atoms. The molecule has 1 aliphatic heterocycles. The Morgan fingerprint density at radius 3 is 3.00 bits per heavy atom. The molecule has 2 aromatic heterocycles. The normalized spacial score (nSPS) is 19.2. The Balaban J connectivity index is 1.83. The van der Waals surface area contributed by atoms with Crippen LogP contribution in [0.25, 0.3) is 0 Å². The van der Waals surface area contributed by atoms with Gasteiger partial charge in [-0.3, -0.25) is 9.89 Å². The van der Waals surface area contributed by atoms with Gasteiger partial charge < -0.3 is 4.90 Å². The minimum atomic E-state index is 0.0121. The van der Waals surface area contributed by atoms with Crippen LogP contribution in [-0.2, 0) is 0 Å². The van der Waals surface area contributed by atoms with Crippen LogP contribution in [0.1, 0.15) is 66.3 Å². The van der Waals surface area contributed by atoms with Crippen molar-refractivity contribution in [1.82, 2.24) is 20.1 Å². The van der Waals surface area contributed by atoms with Crippen LogP contribution in [-0.4, -0.2) is 32.5 Å². The van der Waals surface area contributed by atoms with Gasteiger partial charge in [0.05, 0.1) is 6.04 Å². The zero-order valence-electron chi connectivity index (χ0n) is 12.4. The number of carbonyl (C=O) groups excluding carboxylic acids is 1. The van der Waals surface area contributed by atoms with Crippen LogP contribution in [0.4, 0.5) is 0 Å². The molecule has 1 amide bonds. The summed E-state index contributed by atoms with van der Waals surface area (Å²) < 4.78 is 0. The number of nitrogens with one attached hydrogen (secondary N) is 1. The predicted molar refractivity (Wildman–Crippen MR) is 82.4 cm³/mol. The number of hydrogen-bond acceptors (Lipinski definition) is 4. The number of aromatic amines is 1. The molecule has 0 bridgehead atoms. The standard InChI is InChI=1S/C15H20N4OS/c1-10(2)11-9-12(18-17-11)15(20)19-7-4-3-5-13(19)14-16-6-8-21-14/h6,8-10,13H,3-5,7H2,1-2H3,(H,17,18)/t13-/m1/s1. The Kier molecular flexibility index (Phi) is 4.05. The van der Waals surface area contributed by atoms with Crippen molar-refractivity contribution in [2.24, 2.45) is 0 Å². The van der Waals surface area contributed by atoms with E-state index in [-0.39, 0.29) is 11.9 Å². The van der Waals surface area contributed by atoms with Gasteiger partial charge in [0.25, 0.3) is 5.91 Å².